The van der Waals surface area contributed by atoms with E-state index in [2.05, 4.69) is 17.6 Å². The maximum atomic E-state index is 14.3. The van der Waals surface area contributed by atoms with Crippen LogP contribution in [-0.4, -0.2) is 41.0 Å². The number of anilines is 1. The predicted molar refractivity (Wildman–Crippen MR) is 163 cm³/mol. The third-order valence-corrected chi connectivity index (χ3v) is 6.97. The zero-order valence-corrected chi connectivity index (χ0v) is 26.2. The number of amides is 3. The van der Waals surface area contributed by atoms with Crippen molar-refractivity contribution in [1.29, 1.82) is 0 Å². The van der Waals surface area contributed by atoms with Gasteiger partial charge in [-0.2, -0.15) is 0 Å². The quantitative estimate of drug-likeness (QED) is 0.273. The first-order valence-corrected chi connectivity index (χ1v) is 14.5. The fraction of sp³-hybridized carbons (Fsp3) is 0.531. The molecule has 0 aliphatic heterocycles. The largest absolute Gasteiger partial charge is 0.444 e. The van der Waals surface area contributed by atoms with Gasteiger partial charge in [-0.25, -0.2) is 4.79 Å². The molecule has 0 heterocycles. The molecule has 40 heavy (non-hydrogen) atoms. The van der Waals surface area contributed by atoms with E-state index in [1.165, 1.54) is 0 Å². The summed E-state index contributed by atoms with van der Waals surface area (Å²) in [5.41, 5.74) is 3.20. The monoisotopic (exact) mass is 571 g/mol. The highest BCUT2D eigenvalue weighted by atomic mass is 35.5. The van der Waals surface area contributed by atoms with Crippen molar-refractivity contribution in [3.05, 3.63) is 63.7 Å². The number of para-hydroxylation sites is 1. The highest BCUT2D eigenvalue weighted by molar-refractivity contribution is 6.34. The fourth-order valence-corrected chi connectivity index (χ4v) is 4.78. The number of nitrogens with zero attached hydrogens (tertiary/aromatic N) is 1. The molecule has 8 heteroatoms. The van der Waals surface area contributed by atoms with E-state index < -0.39 is 23.8 Å². The standard InChI is InChI=1S/C32H46ClN3O4/c1-10-11-12-18-36(30(38)26(20(2)3)35-31(39)40-32(7,8)9)28(24-19-21(4)16-17-22(24)5)29(37)34-27-23(6)14-13-15-25(27)33/h13-17,19-20,26,28H,10-12,18H2,1-9H3,(H,34,37)(H,35,39). The van der Waals surface area contributed by atoms with Gasteiger partial charge in [0.2, 0.25) is 5.91 Å². The van der Waals surface area contributed by atoms with Gasteiger partial charge >= 0.3 is 6.09 Å². The molecule has 0 fully saturated rings. The van der Waals surface area contributed by atoms with Crippen LogP contribution in [0.15, 0.2) is 36.4 Å². The number of carbonyl (C=O) groups excluding carboxylic acids is 3. The van der Waals surface area contributed by atoms with Crippen molar-refractivity contribution in [3.8, 4) is 0 Å². The summed E-state index contributed by atoms with van der Waals surface area (Å²) in [6, 6.07) is 9.48. The van der Waals surface area contributed by atoms with Gasteiger partial charge in [-0.3, -0.25) is 9.59 Å². The van der Waals surface area contributed by atoms with Crippen LogP contribution in [0.4, 0.5) is 10.5 Å². The summed E-state index contributed by atoms with van der Waals surface area (Å²) in [4.78, 5) is 42.9. The van der Waals surface area contributed by atoms with Crippen LogP contribution < -0.4 is 10.6 Å². The molecule has 2 N–H and O–H groups in total. The topological polar surface area (TPSA) is 87.7 Å². The van der Waals surface area contributed by atoms with Crippen LogP contribution in [0.1, 0.15) is 89.1 Å². The van der Waals surface area contributed by atoms with Crippen molar-refractivity contribution in [2.24, 2.45) is 5.92 Å². The summed E-state index contributed by atoms with van der Waals surface area (Å²) < 4.78 is 5.46. The molecule has 0 radical (unpaired) electrons. The van der Waals surface area contributed by atoms with Gasteiger partial charge < -0.3 is 20.3 Å². The Morgan fingerprint density at radius 2 is 1.68 bits per heavy atom. The highest BCUT2D eigenvalue weighted by Gasteiger charge is 2.38. The maximum Gasteiger partial charge on any atom is 0.408 e. The Morgan fingerprint density at radius 1 is 1.00 bits per heavy atom. The van der Waals surface area contributed by atoms with Crippen molar-refractivity contribution >= 4 is 35.2 Å². The van der Waals surface area contributed by atoms with E-state index in [4.69, 9.17) is 16.3 Å². The van der Waals surface area contributed by atoms with Crippen LogP contribution in [0.3, 0.4) is 0 Å². The Morgan fingerprint density at radius 3 is 2.25 bits per heavy atom. The third kappa shape index (κ3) is 9.26. The van der Waals surface area contributed by atoms with Crippen LogP contribution in [0, 0.1) is 26.7 Å². The van der Waals surface area contributed by atoms with Gasteiger partial charge in [0, 0.05) is 6.54 Å². The first kappa shape index (κ1) is 33.1. The summed E-state index contributed by atoms with van der Waals surface area (Å²) in [6.45, 7) is 17.2. The smallest absolute Gasteiger partial charge is 0.408 e. The molecule has 2 aromatic rings. The minimum atomic E-state index is -0.943. The lowest BCUT2D eigenvalue weighted by Gasteiger charge is -2.36. The molecule has 0 spiro atoms. The second-order valence-corrected chi connectivity index (χ2v) is 12.2. The predicted octanol–water partition coefficient (Wildman–Crippen LogP) is 7.51. The Kier molecular flexibility index (Phi) is 12.0. The van der Waals surface area contributed by atoms with E-state index in [1.54, 1.807) is 31.7 Å². The van der Waals surface area contributed by atoms with E-state index >= 15 is 0 Å². The number of rotatable bonds is 11. The van der Waals surface area contributed by atoms with E-state index in [1.807, 2.05) is 65.0 Å². The van der Waals surface area contributed by atoms with Gasteiger partial charge in [0.15, 0.2) is 0 Å². The number of hydrogen-bond acceptors (Lipinski definition) is 4. The molecule has 2 unspecified atom stereocenters. The summed E-state index contributed by atoms with van der Waals surface area (Å²) in [5.74, 6) is -0.953. The first-order chi connectivity index (χ1) is 18.7. The maximum absolute atomic E-state index is 14.3. The van der Waals surface area contributed by atoms with Crippen molar-refractivity contribution in [3.63, 3.8) is 0 Å². The Bertz CT molecular complexity index is 1170. The molecule has 7 nitrogen and oxygen atoms in total. The van der Waals surface area contributed by atoms with Crippen LogP contribution >= 0.6 is 11.6 Å². The van der Waals surface area contributed by atoms with Crippen molar-refractivity contribution in [2.45, 2.75) is 99.3 Å². The van der Waals surface area contributed by atoms with Crippen molar-refractivity contribution < 1.29 is 19.1 Å². The third-order valence-electron chi connectivity index (χ3n) is 6.65. The minimum absolute atomic E-state index is 0.248. The van der Waals surface area contributed by atoms with E-state index in [0.29, 0.717) is 23.7 Å². The Hall–Kier alpha value is -3.06. The summed E-state index contributed by atoms with van der Waals surface area (Å²) >= 11 is 6.47. The fourth-order valence-electron chi connectivity index (χ4n) is 4.51. The normalized spacial score (nSPS) is 13.0. The zero-order chi connectivity index (χ0) is 30.2. The Balaban J connectivity index is 2.63. The lowest BCUT2D eigenvalue weighted by molar-refractivity contribution is -0.141. The van der Waals surface area contributed by atoms with Gasteiger partial charge in [0.05, 0.1) is 10.7 Å². The summed E-state index contributed by atoms with van der Waals surface area (Å²) in [7, 11) is 0. The van der Waals surface area contributed by atoms with Crippen LogP contribution in [0.25, 0.3) is 0 Å². The molecule has 2 aromatic carbocycles. The SMILES string of the molecule is CCCCCN(C(=O)C(NC(=O)OC(C)(C)C)C(C)C)C(C(=O)Nc1c(C)cccc1Cl)c1cc(C)ccc1C. The number of alkyl carbamates (subject to hydrolysis) is 1. The van der Waals surface area contributed by atoms with Crippen molar-refractivity contribution in [2.75, 3.05) is 11.9 Å². The summed E-state index contributed by atoms with van der Waals surface area (Å²) in [5, 5.41) is 6.21. The summed E-state index contributed by atoms with van der Waals surface area (Å²) in [6.07, 6.45) is 1.87. The van der Waals surface area contributed by atoms with Gasteiger partial charge in [-0.05, 0) is 76.6 Å². The zero-order valence-electron chi connectivity index (χ0n) is 25.5. The number of benzene rings is 2. The molecule has 0 aromatic heterocycles. The molecular weight excluding hydrogens is 526 g/mol. The molecule has 0 aliphatic rings. The molecule has 0 saturated carbocycles. The first-order valence-electron chi connectivity index (χ1n) is 14.1. The molecular formula is C32H46ClN3O4. The minimum Gasteiger partial charge on any atom is -0.444 e. The molecule has 0 bridgehead atoms. The van der Waals surface area contributed by atoms with Gasteiger partial charge in [0.1, 0.15) is 17.7 Å². The van der Waals surface area contributed by atoms with Gasteiger partial charge in [-0.15, -0.1) is 0 Å². The van der Waals surface area contributed by atoms with Gasteiger partial charge in [-0.1, -0.05) is 81.1 Å². The van der Waals surface area contributed by atoms with E-state index in [9.17, 15) is 14.4 Å². The Labute approximate surface area is 245 Å². The second kappa shape index (κ2) is 14.5. The number of nitrogens with one attached hydrogen (secondary N) is 2. The number of halogens is 1. The lowest BCUT2D eigenvalue weighted by atomic mass is 9.94. The number of ether oxygens (including phenoxy) is 1. The molecule has 220 valence electrons. The van der Waals surface area contributed by atoms with Crippen molar-refractivity contribution in [1.82, 2.24) is 10.2 Å². The number of aryl methyl sites for hydroxylation is 3. The van der Waals surface area contributed by atoms with E-state index in [0.717, 1.165) is 35.1 Å². The average molecular weight is 572 g/mol. The molecule has 3 amide bonds. The molecule has 2 rings (SSSR count). The number of unbranched alkanes of at least 4 members (excludes halogenated alkanes) is 2. The second-order valence-electron chi connectivity index (χ2n) is 11.8. The molecule has 0 aliphatic carbocycles. The van der Waals surface area contributed by atoms with Gasteiger partial charge in [0.25, 0.3) is 5.91 Å². The van der Waals surface area contributed by atoms with Crippen LogP contribution in [0.2, 0.25) is 5.02 Å². The average Bonchev–Trinajstić information content (AvgIpc) is 2.84. The number of carbonyl (C=O) groups is 3. The highest BCUT2D eigenvalue weighted by Crippen LogP contribution is 2.32. The van der Waals surface area contributed by atoms with Crippen LogP contribution in [-0.2, 0) is 14.3 Å². The van der Waals surface area contributed by atoms with E-state index in [-0.39, 0.29) is 17.7 Å². The number of hydrogen-bond donors (Lipinski definition) is 2. The van der Waals surface area contributed by atoms with Crippen LogP contribution in [0.5, 0.6) is 0 Å². The molecule has 0 saturated heterocycles. The lowest BCUT2D eigenvalue weighted by Crippen LogP contribution is -2.54. The molecule has 2 atom stereocenters.